The first-order valence-electron chi connectivity index (χ1n) is 9.45. The van der Waals surface area contributed by atoms with Crippen LogP contribution in [0, 0.1) is 0 Å². The molecule has 0 saturated carbocycles. The van der Waals surface area contributed by atoms with Crippen LogP contribution >= 0.6 is 0 Å². The molecule has 4 aromatic rings. The van der Waals surface area contributed by atoms with Crippen LogP contribution < -0.4 is 10.1 Å². The number of carbonyl (C=O) groups excluding carboxylic acids is 1. The molecule has 5 rings (SSSR count). The highest BCUT2D eigenvalue weighted by Crippen LogP contribution is 2.32. The third-order valence-electron chi connectivity index (χ3n) is 5.02. The fourth-order valence-electron chi connectivity index (χ4n) is 3.56. The van der Waals surface area contributed by atoms with Crippen molar-refractivity contribution in [3.8, 4) is 16.9 Å². The molecule has 6 heteroatoms. The van der Waals surface area contributed by atoms with Crippen LogP contribution in [0.5, 0.6) is 5.75 Å². The number of ether oxygens (including phenoxy) is 1. The van der Waals surface area contributed by atoms with Crippen LogP contribution in [-0.4, -0.2) is 33.5 Å². The fourth-order valence-corrected chi connectivity index (χ4v) is 3.56. The molecule has 6 nitrogen and oxygen atoms in total. The van der Waals surface area contributed by atoms with Crippen LogP contribution in [0.25, 0.3) is 22.2 Å². The summed E-state index contributed by atoms with van der Waals surface area (Å²) in [7, 11) is 0. The fraction of sp³-hybridized carbons (Fsp3) is 0.130. The summed E-state index contributed by atoms with van der Waals surface area (Å²) in [5.41, 5.74) is 5.36. The smallest absolute Gasteiger partial charge is 0.251 e. The molecule has 0 bridgehead atoms. The van der Waals surface area contributed by atoms with Crippen molar-refractivity contribution < 1.29 is 9.53 Å². The number of nitrogens with zero attached hydrogens (tertiary/aromatic N) is 3. The summed E-state index contributed by atoms with van der Waals surface area (Å²) in [5, 5.41) is 2.96. The molecule has 1 aliphatic rings. The van der Waals surface area contributed by atoms with Gasteiger partial charge >= 0.3 is 0 Å². The van der Waals surface area contributed by atoms with E-state index >= 15 is 0 Å². The van der Waals surface area contributed by atoms with Gasteiger partial charge < -0.3 is 10.1 Å². The van der Waals surface area contributed by atoms with Crippen molar-refractivity contribution in [1.29, 1.82) is 0 Å². The highest BCUT2D eigenvalue weighted by molar-refractivity contribution is 5.97. The van der Waals surface area contributed by atoms with Gasteiger partial charge in [-0.2, -0.15) is 0 Å². The molecule has 1 amide bonds. The van der Waals surface area contributed by atoms with E-state index in [4.69, 9.17) is 4.74 Å². The number of carbonyl (C=O) groups is 1. The maximum Gasteiger partial charge on any atom is 0.251 e. The van der Waals surface area contributed by atoms with Crippen molar-refractivity contribution in [3.63, 3.8) is 0 Å². The number of fused-ring (bicyclic) bond motifs is 2. The Morgan fingerprint density at radius 3 is 2.76 bits per heavy atom. The Bertz CT molecular complexity index is 1190. The molecular formula is C23H18N4O2. The minimum absolute atomic E-state index is 0.0849. The van der Waals surface area contributed by atoms with E-state index in [1.165, 1.54) is 0 Å². The monoisotopic (exact) mass is 382 g/mol. The lowest BCUT2D eigenvalue weighted by molar-refractivity contribution is 0.0933. The van der Waals surface area contributed by atoms with E-state index < -0.39 is 0 Å². The van der Waals surface area contributed by atoms with Gasteiger partial charge in [0.1, 0.15) is 11.9 Å². The van der Waals surface area contributed by atoms with Crippen LogP contribution in [-0.2, 0) is 6.42 Å². The number of hydrogen-bond donors (Lipinski definition) is 1. The Kier molecular flexibility index (Phi) is 4.37. The number of rotatable bonds is 4. The summed E-state index contributed by atoms with van der Waals surface area (Å²) < 4.78 is 6.00. The van der Waals surface area contributed by atoms with Gasteiger partial charge in [-0.3, -0.25) is 19.7 Å². The summed E-state index contributed by atoms with van der Waals surface area (Å²) in [4.78, 5) is 25.2. The standard InChI is InChI=1S/C23H18N4O2/c28-23(16-3-5-20-21(12-16)26-9-8-25-20)27-14-19-11-18-10-15(4-6-22(18)29-19)17-2-1-7-24-13-17/h1-10,12-13,19H,11,14H2,(H,27,28). The van der Waals surface area contributed by atoms with Gasteiger partial charge in [0.15, 0.2) is 0 Å². The molecule has 0 aliphatic carbocycles. The quantitative estimate of drug-likeness (QED) is 0.585. The molecule has 2 aromatic heterocycles. The molecule has 1 aliphatic heterocycles. The maximum atomic E-state index is 12.5. The van der Waals surface area contributed by atoms with E-state index in [0.29, 0.717) is 17.6 Å². The number of amides is 1. The van der Waals surface area contributed by atoms with Gasteiger partial charge in [-0.15, -0.1) is 0 Å². The van der Waals surface area contributed by atoms with E-state index in [1.54, 1.807) is 36.8 Å². The lowest BCUT2D eigenvalue weighted by atomic mass is 10.0. The normalized spacial score (nSPS) is 15.0. The molecule has 0 radical (unpaired) electrons. The molecule has 2 aromatic carbocycles. The van der Waals surface area contributed by atoms with Gasteiger partial charge in [0.25, 0.3) is 5.91 Å². The van der Waals surface area contributed by atoms with Crippen molar-refractivity contribution in [2.24, 2.45) is 0 Å². The summed E-state index contributed by atoms with van der Waals surface area (Å²) in [6.07, 6.45) is 7.54. The summed E-state index contributed by atoms with van der Waals surface area (Å²) in [5.74, 6) is 0.728. The number of pyridine rings is 1. The Morgan fingerprint density at radius 1 is 1.00 bits per heavy atom. The largest absolute Gasteiger partial charge is 0.488 e. The molecule has 142 valence electrons. The molecule has 3 heterocycles. The number of benzene rings is 2. The van der Waals surface area contributed by atoms with Crippen molar-refractivity contribution >= 4 is 16.9 Å². The predicted octanol–water partition coefficient (Wildman–Crippen LogP) is 3.43. The average Bonchev–Trinajstić information content (AvgIpc) is 3.20. The Labute approximate surface area is 167 Å². The third-order valence-corrected chi connectivity index (χ3v) is 5.02. The topological polar surface area (TPSA) is 77.0 Å². The van der Waals surface area contributed by atoms with E-state index in [9.17, 15) is 4.79 Å². The number of nitrogens with one attached hydrogen (secondary N) is 1. The molecule has 29 heavy (non-hydrogen) atoms. The van der Waals surface area contributed by atoms with Crippen LogP contribution in [0.2, 0.25) is 0 Å². The highest BCUT2D eigenvalue weighted by atomic mass is 16.5. The van der Waals surface area contributed by atoms with E-state index in [0.717, 1.165) is 34.4 Å². The molecule has 0 saturated heterocycles. The predicted molar refractivity (Wildman–Crippen MR) is 110 cm³/mol. The Hall–Kier alpha value is -3.80. The first-order chi connectivity index (χ1) is 14.3. The molecular weight excluding hydrogens is 364 g/mol. The second kappa shape index (κ2) is 7.31. The molecule has 1 unspecified atom stereocenters. The van der Waals surface area contributed by atoms with Gasteiger partial charge in [0.2, 0.25) is 0 Å². The molecule has 0 spiro atoms. The maximum absolute atomic E-state index is 12.5. The van der Waals surface area contributed by atoms with Gasteiger partial charge in [-0.05, 0) is 47.5 Å². The van der Waals surface area contributed by atoms with Gasteiger partial charge in [-0.1, -0.05) is 12.1 Å². The van der Waals surface area contributed by atoms with Crippen molar-refractivity contribution in [2.45, 2.75) is 12.5 Å². The van der Waals surface area contributed by atoms with Crippen LogP contribution in [0.1, 0.15) is 15.9 Å². The van der Waals surface area contributed by atoms with Gasteiger partial charge in [0.05, 0.1) is 17.6 Å². The second-order valence-electron chi connectivity index (χ2n) is 6.98. The van der Waals surface area contributed by atoms with Crippen molar-refractivity contribution in [1.82, 2.24) is 20.3 Å². The second-order valence-corrected chi connectivity index (χ2v) is 6.98. The van der Waals surface area contributed by atoms with Crippen molar-refractivity contribution in [2.75, 3.05) is 6.54 Å². The van der Waals surface area contributed by atoms with E-state index in [2.05, 4.69) is 26.3 Å². The number of aromatic nitrogens is 3. The van der Waals surface area contributed by atoms with Crippen molar-refractivity contribution in [3.05, 3.63) is 84.4 Å². The van der Waals surface area contributed by atoms with Crippen LogP contribution in [0.3, 0.4) is 0 Å². The number of hydrogen-bond acceptors (Lipinski definition) is 5. The summed E-state index contributed by atoms with van der Waals surface area (Å²) in [6, 6.07) is 15.4. The lowest BCUT2D eigenvalue weighted by Crippen LogP contribution is -2.34. The Balaban J connectivity index is 1.25. The zero-order valence-corrected chi connectivity index (χ0v) is 15.6. The SMILES string of the molecule is O=C(NCC1Cc2cc(-c3cccnc3)ccc2O1)c1ccc2nccnc2c1. The molecule has 1 atom stereocenters. The van der Waals surface area contributed by atoms with E-state index in [1.807, 2.05) is 30.5 Å². The minimum Gasteiger partial charge on any atom is -0.488 e. The van der Waals surface area contributed by atoms with E-state index in [-0.39, 0.29) is 12.0 Å². The first-order valence-corrected chi connectivity index (χ1v) is 9.45. The minimum atomic E-state index is -0.145. The van der Waals surface area contributed by atoms with Crippen LogP contribution in [0.15, 0.2) is 73.3 Å². The zero-order valence-electron chi connectivity index (χ0n) is 15.6. The summed E-state index contributed by atoms with van der Waals surface area (Å²) in [6.45, 7) is 0.439. The lowest BCUT2D eigenvalue weighted by Gasteiger charge is -2.12. The Morgan fingerprint density at radius 2 is 1.90 bits per heavy atom. The molecule has 0 fully saturated rings. The van der Waals surface area contributed by atoms with Gasteiger partial charge in [0, 0.05) is 42.3 Å². The summed E-state index contributed by atoms with van der Waals surface area (Å²) >= 11 is 0. The zero-order chi connectivity index (χ0) is 19.6. The highest BCUT2D eigenvalue weighted by Gasteiger charge is 2.24. The third kappa shape index (κ3) is 3.52. The van der Waals surface area contributed by atoms with Gasteiger partial charge in [-0.25, -0.2) is 0 Å². The first kappa shape index (κ1) is 17.3. The molecule has 1 N–H and O–H groups in total. The van der Waals surface area contributed by atoms with Crippen LogP contribution in [0.4, 0.5) is 0 Å². The average molecular weight is 382 g/mol.